The highest BCUT2D eigenvalue weighted by Gasteiger charge is 2.45. The third-order valence-corrected chi connectivity index (χ3v) is 6.14. The highest BCUT2D eigenvalue weighted by molar-refractivity contribution is 5.91. The maximum absolute atomic E-state index is 15.1. The molecule has 39 heavy (non-hydrogen) atoms. The first-order valence-electron chi connectivity index (χ1n) is 12.2. The van der Waals surface area contributed by atoms with Crippen LogP contribution < -0.4 is 14.2 Å². The Kier molecular flexibility index (Phi) is 7.46. The Balaban J connectivity index is 1.17. The molecule has 11 heteroatoms. The molecular weight excluding hydrogens is 527 g/mol. The zero-order valence-corrected chi connectivity index (χ0v) is 20.4. The minimum absolute atomic E-state index is 0.0679. The van der Waals surface area contributed by atoms with E-state index in [2.05, 4.69) is 4.74 Å². The molecule has 1 aliphatic heterocycles. The van der Waals surface area contributed by atoms with E-state index >= 15 is 8.78 Å². The third-order valence-electron chi connectivity index (χ3n) is 6.14. The van der Waals surface area contributed by atoms with Gasteiger partial charge in [-0.2, -0.15) is 8.78 Å². The van der Waals surface area contributed by atoms with Crippen LogP contribution in [0.5, 0.6) is 17.2 Å². The van der Waals surface area contributed by atoms with E-state index in [1.54, 1.807) is 12.1 Å². The van der Waals surface area contributed by atoms with Gasteiger partial charge in [-0.1, -0.05) is 12.1 Å². The van der Waals surface area contributed by atoms with E-state index in [0.29, 0.717) is 31.6 Å². The lowest BCUT2D eigenvalue weighted by Crippen LogP contribution is -2.18. The first-order valence-corrected chi connectivity index (χ1v) is 12.2. The molecule has 0 saturated carbocycles. The van der Waals surface area contributed by atoms with Gasteiger partial charge < -0.3 is 23.7 Å². The number of hydrogen-bond donors (Lipinski definition) is 0. The summed E-state index contributed by atoms with van der Waals surface area (Å²) in [5.41, 5.74) is -0.736. The third kappa shape index (κ3) is 6.48. The van der Waals surface area contributed by atoms with Crippen LogP contribution in [0.15, 0.2) is 60.7 Å². The predicted octanol–water partition coefficient (Wildman–Crippen LogP) is 6.50. The molecule has 1 saturated heterocycles. The molecule has 1 fully saturated rings. The highest BCUT2D eigenvalue weighted by Crippen LogP contribution is 2.53. The molecule has 1 heterocycles. The van der Waals surface area contributed by atoms with E-state index in [4.69, 9.17) is 18.9 Å². The maximum atomic E-state index is 15.1. The first kappa shape index (κ1) is 26.9. The number of carbonyl (C=O) groups excluding carboxylic acids is 1. The van der Waals surface area contributed by atoms with Crippen LogP contribution in [-0.2, 0) is 15.4 Å². The topological polar surface area (TPSA) is 66.5 Å². The zero-order valence-electron chi connectivity index (χ0n) is 20.4. The summed E-state index contributed by atoms with van der Waals surface area (Å²) in [5, 5.41) is 0. The normalized spacial score (nSPS) is 16.8. The molecule has 0 aromatic heterocycles. The Labute approximate surface area is 220 Å². The number of unbranched alkanes of at least 4 members (excludes halogenated alkanes) is 1. The van der Waals surface area contributed by atoms with E-state index < -0.39 is 35.1 Å². The predicted molar refractivity (Wildman–Crippen MR) is 128 cm³/mol. The van der Waals surface area contributed by atoms with Crippen molar-refractivity contribution in [1.82, 2.24) is 0 Å². The summed E-state index contributed by atoms with van der Waals surface area (Å²) in [5.74, 6) is -4.70. The summed E-state index contributed by atoms with van der Waals surface area (Å²) in [6.45, 7) is 2.48. The number of hydrogen-bond acceptors (Lipinski definition) is 6. The summed E-state index contributed by atoms with van der Waals surface area (Å²) < 4.78 is 93.2. The van der Waals surface area contributed by atoms with Crippen molar-refractivity contribution in [2.24, 2.45) is 0 Å². The van der Waals surface area contributed by atoms with Crippen LogP contribution in [-0.4, -0.2) is 44.9 Å². The summed E-state index contributed by atoms with van der Waals surface area (Å²) in [7, 11) is 0. The first-order chi connectivity index (χ1) is 18.6. The SMILES string of the molecule is O=C(Oc1ccc2c(c1)C(F)(F)c1cc(OC(F)(F)F)ccc1-2)c1ccc(OCCCCOCC2CO2)cc1. The maximum Gasteiger partial charge on any atom is 0.573 e. The molecule has 0 spiro atoms. The largest absolute Gasteiger partial charge is 0.573 e. The molecular formula is C28H23F5O6. The van der Waals surface area contributed by atoms with Crippen molar-refractivity contribution in [1.29, 1.82) is 0 Å². The number of epoxide rings is 1. The molecule has 3 aromatic carbocycles. The van der Waals surface area contributed by atoms with Crippen molar-refractivity contribution in [3.8, 4) is 28.4 Å². The van der Waals surface area contributed by atoms with Gasteiger partial charge in [-0.15, -0.1) is 13.2 Å². The molecule has 0 N–H and O–H groups in total. The number of benzene rings is 3. The summed E-state index contributed by atoms with van der Waals surface area (Å²) in [4.78, 5) is 12.6. The van der Waals surface area contributed by atoms with Crippen LogP contribution in [0, 0.1) is 0 Å². The van der Waals surface area contributed by atoms with Crippen LogP contribution in [0.4, 0.5) is 22.0 Å². The molecule has 6 nitrogen and oxygen atoms in total. The van der Waals surface area contributed by atoms with Gasteiger partial charge in [-0.3, -0.25) is 0 Å². The average molecular weight is 550 g/mol. The Morgan fingerprint density at radius 1 is 0.872 bits per heavy atom. The van der Waals surface area contributed by atoms with Gasteiger partial charge in [-0.25, -0.2) is 4.79 Å². The number of carbonyl (C=O) groups is 1. The van der Waals surface area contributed by atoms with Gasteiger partial charge in [0.2, 0.25) is 0 Å². The zero-order chi connectivity index (χ0) is 27.6. The Morgan fingerprint density at radius 2 is 1.46 bits per heavy atom. The number of halogens is 5. The van der Waals surface area contributed by atoms with Crippen LogP contribution in [0.3, 0.4) is 0 Å². The second-order valence-corrected chi connectivity index (χ2v) is 9.04. The van der Waals surface area contributed by atoms with Gasteiger partial charge >= 0.3 is 12.3 Å². The quantitative estimate of drug-likeness (QED) is 0.0893. The number of fused-ring (bicyclic) bond motifs is 3. The highest BCUT2D eigenvalue weighted by atomic mass is 19.4. The molecule has 1 unspecified atom stereocenters. The average Bonchev–Trinajstić information content (AvgIpc) is 3.69. The van der Waals surface area contributed by atoms with Gasteiger partial charge in [0.05, 0.1) is 25.4 Å². The summed E-state index contributed by atoms with van der Waals surface area (Å²) in [6.07, 6.45) is -3.14. The molecule has 0 amide bonds. The lowest BCUT2D eigenvalue weighted by molar-refractivity contribution is -0.274. The van der Waals surface area contributed by atoms with Crippen LogP contribution in [0.25, 0.3) is 11.1 Å². The lowest BCUT2D eigenvalue weighted by atomic mass is 10.1. The second-order valence-electron chi connectivity index (χ2n) is 9.04. The minimum atomic E-state index is -5.01. The Bertz CT molecular complexity index is 1340. The second kappa shape index (κ2) is 10.8. The minimum Gasteiger partial charge on any atom is -0.494 e. The van der Waals surface area contributed by atoms with Crippen molar-refractivity contribution in [2.75, 3.05) is 26.4 Å². The van der Waals surface area contributed by atoms with E-state index in [-0.39, 0.29) is 28.5 Å². The van der Waals surface area contributed by atoms with Gasteiger partial charge in [0.25, 0.3) is 5.92 Å². The summed E-state index contributed by atoms with van der Waals surface area (Å²) in [6, 6.07) is 12.7. The van der Waals surface area contributed by atoms with Gasteiger partial charge in [0, 0.05) is 17.7 Å². The van der Waals surface area contributed by atoms with Crippen LogP contribution in [0.2, 0.25) is 0 Å². The molecule has 206 valence electrons. The van der Waals surface area contributed by atoms with Crippen molar-refractivity contribution in [3.63, 3.8) is 0 Å². The molecule has 0 bridgehead atoms. The van der Waals surface area contributed by atoms with E-state index in [0.717, 1.165) is 37.6 Å². The lowest BCUT2D eigenvalue weighted by Gasteiger charge is -2.15. The van der Waals surface area contributed by atoms with Crippen molar-refractivity contribution >= 4 is 5.97 Å². The number of ether oxygens (including phenoxy) is 5. The van der Waals surface area contributed by atoms with Crippen molar-refractivity contribution < 1.29 is 50.4 Å². The van der Waals surface area contributed by atoms with Gasteiger partial charge in [0.1, 0.15) is 23.4 Å². The van der Waals surface area contributed by atoms with Gasteiger partial charge in [-0.05, 0) is 72.5 Å². The monoisotopic (exact) mass is 550 g/mol. The Hall–Kier alpha value is -3.70. The molecule has 5 rings (SSSR count). The Morgan fingerprint density at radius 3 is 2.10 bits per heavy atom. The van der Waals surface area contributed by atoms with Crippen LogP contribution in [0.1, 0.15) is 34.3 Å². The van der Waals surface area contributed by atoms with Gasteiger partial charge in [0.15, 0.2) is 0 Å². The molecule has 3 aromatic rings. The molecule has 1 atom stereocenters. The smallest absolute Gasteiger partial charge is 0.494 e. The van der Waals surface area contributed by atoms with Crippen molar-refractivity contribution in [2.45, 2.75) is 31.2 Å². The number of alkyl halides is 5. The van der Waals surface area contributed by atoms with E-state index in [9.17, 15) is 18.0 Å². The van der Waals surface area contributed by atoms with Crippen LogP contribution >= 0.6 is 0 Å². The summed E-state index contributed by atoms with van der Waals surface area (Å²) >= 11 is 0. The standard InChI is InChI=1S/C28H23F5O6/c29-27(30)24-13-19(7-9-22(24)23-10-8-20(14-25(23)27)39-28(31,32)33)38-26(34)17-3-5-18(6-4-17)36-12-2-1-11-35-15-21-16-37-21/h3-10,13-14,21H,1-2,11-12,15-16H2. The van der Waals surface area contributed by atoms with Crippen molar-refractivity contribution in [3.05, 3.63) is 77.4 Å². The van der Waals surface area contributed by atoms with E-state index in [1.165, 1.54) is 24.3 Å². The number of esters is 1. The molecule has 1 aliphatic carbocycles. The molecule has 2 aliphatic rings. The van der Waals surface area contributed by atoms with E-state index in [1.807, 2.05) is 0 Å². The number of rotatable bonds is 11. The molecule has 0 radical (unpaired) electrons. The fourth-order valence-corrected chi connectivity index (χ4v) is 4.17. The fraction of sp³-hybridized carbons (Fsp3) is 0.321. The fourth-order valence-electron chi connectivity index (χ4n) is 4.17.